The van der Waals surface area contributed by atoms with E-state index in [4.69, 9.17) is 0 Å². The second-order valence-corrected chi connectivity index (χ2v) is 10.7. The first kappa shape index (κ1) is 31.7. The number of rotatable bonds is 17. The summed E-state index contributed by atoms with van der Waals surface area (Å²) in [6, 6.07) is 0. The fourth-order valence-electron chi connectivity index (χ4n) is 4.01. The van der Waals surface area contributed by atoms with Crippen molar-refractivity contribution < 1.29 is 41.9 Å². The van der Waals surface area contributed by atoms with Crippen LogP contribution in [0.3, 0.4) is 0 Å². The Labute approximate surface area is 214 Å². The predicted octanol–water partition coefficient (Wildman–Crippen LogP) is 5.14. The van der Waals surface area contributed by atoms with Gasteiger partial charge in [0.05, 0.1) is 0 Å². The van der Waals surface area contributed by atoms with Gasteiger partial charge in [-0.25, -0.2) is 19.4 Å². The molecular weight excluding hydrogens is 488 g/mol. The molecule has 1 aliphatic carbocycles. The van der Waals surface area contributed by atoms with E-state index < -0.39 is 50.9 Å². The van der Waals surface area contributed by atoms with Crippen molar-refractivity contribution in [2.45, 2.75) is 115 Å². The van der Waals surface area contributed by atoms with E-state index in [9.17, 15) is 32.1 Å². The van der Waals surface area contributed by atoms with E-state index in [-0.39, 0.29) is 12.0 Å². The molecule has 0 radical (unpaired) electrons. The second-order valence-electron chi connectivity index (χ2n) is 9.10. The van der Waals surface area contributed by atoms with E-state index in [0.717, 1.165) is 63.9 Å². The molecule has 0 aromatic carbocycles. The van der Waals surface area contributed by atoms with Crippen LogP contribution in [0, 0.1) is 0 Å². The summed E-state index contributed by atoms with van der Waals surface area (Å²) in [6.45, 7) is 4.22. The second kappa shape index (κ2) is 17.2. The SMILES string of the molecule is CCCCCCCC/C=C/C(=O)OOC(=O)C1=C(CCCCCCCC)C(=O)CC(S(=O)(=O)O)C1=O. The standard InChI is InChI=1S/C26H40O9S/c1-3-5-7-9-11-12-14-16-18-23(28)34-35-26(30)24-20(17-15-13-10-8-6-4-2)21(27)19-22(25(24)29)36(31,32)33/h16,18,22H,3-15,17,19H2,1-2H3,(H,31,32,33)/b18-16+. The molecule has 10 heteroatoms. The molecule has 0 aromatic rings. The van der Waals surface area contributed by atoms with Crippen molar-refractivity contribution in [1.82, 2.24) is 0 Å². The Balaban J connectivity index is 2.77. The van der Waals surface area contributed by atoms with Crippen molar-refractivity contribution in [2.24, 2.45) is 0 Å². The molecule has 0 fully saturated rings. The Morgan fingerprint density at radius 1 is 0.889 bits per heavy atom. The van der Waals surface area contributed by atoms with Crippen LogP contribution in [0.25, 0.3) is 0 Å². The number of hydrogen-bond acceptors (Lipinski definition) is 8. The van der Waals surface area contributed by atoms with Gasteiger partial charge in [0.15, 0.2) is 16.8 Å². The Kier molecular flexibility index (Phi) is 15.1. The molecule has 1 atom stereocenters. The van der Waals surface area contributed by atoms with Gasteiger partial charge in [-0.15, -0.1) is 0 Å². The summed E-state index contributed by atoms with van der Waals surface area (Å²) >= 11 is 0. The quantitative estimate of drug-likeness (QED) is 0.0678. The number of carbonyl (C=O) groups excluding carboxylic acids is 4. The minimum absolute atomic E-state index is 0.0748. The van der Waals surface area contributed by atoms with Crippen molar-refractivity contribution >= 4 is 33.6 Å². The van der Waals surface area contributed by atoms with E-state index in [1.807, 2.05) is 0 Å². The Morgan fingerprint density at radius 2 is 1.44 bits per heavy atom. The summed E-state index contributed by atoms with van der Waals surface area (Å²) in [4.78, 5) is 58.7. The van der Waals surface area contributed by atoms with Gasteiger partial charge < -0.3 is 0 Å². The molecule has 0 saturated heterocycles. The topological polar surface area (TPSA) is 141 Å². The van der Waals surface area contributed by atoms with Crippen LogP contribution in [-0.2, 0) is 39.1 Å². The monoisotopic (exact) mass is 528 g/mol. The molecule has 9 nitrogen and oxygen atoms in total. The lowest BCUT2D eigenvalue weighted by Gasteiger charge is -2.22. The van der Waals surface area contributed by atoms with Crippen LogP contribution in [0.1, 0.15) is 110 Å². The molecule has 1 unspecified atom stereocenters. The third-order valence-electron chi connectivity index (χ3n) is 6.07. The number of hydrogen-bond donors (Lipinski definition) is 1. The highest BCUT2D eigenvalue weighted by atomic mass is 32.2. The fourth-order valence-corrected chi connectivity index (χ4v) is 4.77. The number of Topliss-reactive ketones (excluding diaryl/α,β-unsaturated/α-hetero) is 2. The molecular formula is C26H40O9S. The van der Waals surface area contributed by atoms with E-state index >= 15 is 0 Å². The van der Waals surface area contributed by atoms with Crippen molar-refractivity contribution in [3.05, 3.63) is 23.3 Å². The zero-order valence-corrected chi connectivity index (χ0v) is 22.3. The van der Waals surface area contributed by atoms with Gasteiger partial charge in [-0.1, -0.05) is 84.1 Å². The summed E-state index contributed by atoms with van der Waals surface area (Å²) in [5, 5.41) is -2.09. The minimum Gasteiger partial charge on any atom is -0.294 e. The van der Waals surface area contributed by atoms with Gasteiger partial charge >= 0.3 is 11.9 Å². The highest BCUT2D eigenvalue weighted by Crippen LogP contribution is 2.28. The zero-order chi connectivity index (χ0) is 27.0. The van der Waals surface area contributed by atoms with Crippen LogP contribution >= 0.6 is 0 Å². The lowest BCUT2D eigenvalue weighted by Crippen LogP contribution is -2.41. The van der Waals surface area contributed by atoms with E-state index in [0.29, 0.717) is 12.8 Å². The van der Waals surface area contributed by atoms with Crippen LogP contribution in [-0.4, -0.2) is 41.7 Å². The first-order valence-corrected chi connectivity index (χ1v) is 14.5. The van der Waals surface area contributed by atoms with Crippen LogP contribution in [0.4, 0.5) is 0 Å². The lowest BCUT2D eigenvalue weighted by atomic mass is 9.86. The van der Waals surface area contributed by atoms with Gasteiger partial charge in [-0.3, -0.25) is 14.1 Å². The molecule has 0 spiro atoms. The summed E-state index contributed by atoms with van der Waals surface area (Å²) in [5.41, 5.74) is -0.943. The van der Waals surface area contributed by atoms with Gasteiger partial charge in [0, 0.05) is 18.1 Å². The number of ketones is 2. The minimum atomic E-state index is -4.92. The van der Waals surface area contributed by atoms with Crippen molar-refractivity contribution in [3.8, 4) is 0 Å². The molecule has 1 aliphatic rings. The molecule has 0 aliphatic heterocycles. The number of carbonyl (C=O) groups is 4. The third kappa shape index (κ3) is 11.6. The van der Waals surface area contributed by atoms with Gasteiger partial charge in [0.25, 0.3) is 10.1 Å². The Hall–Kier alpha value is -2.33. The summed E-state index contributed by atoms with van der Waals surface area (Å²) in [6.07, 6.45) is 14.6. The summed E-state index contributed by atoms with van der Waals surface area (Å²) in [5.74, 6) is -4.38. The van der Waals surface area contributed by atoms with Gasteiger partial charge in [0.1, 0.15) is 5.57 Å². The average molecular weight is 529 g/mol. The molecule has 0 bridgehead atoms. The van der Waals surface area contributed by atoms with Gasteiger partial charge in [-0.2, -0.15) is 8.42 Å². The first-order valence-electron chi connectivity index (χ1n) is 13.0. The van der Waals surface area contributed by atoms with E-state index in [1.165, 1.54) is 12.8 Å². The van der Waals surface area contributed by atoms with Crippen LogP contribution in [0.5, 0.6) is 0 Å². The highest BCUT2D eigenvalue weighted by molar-refractivity contribution is 7.87. The lowest BCUT2D eigenvalue weighted by molar-refractivity contribution is -0.251. The van der Waals surface area contributed by atoms with Crippen LogP contribution in [0.15, 0.2) is 23.3 Å². The molecule has 0 aromatic heterocycles. The van der Waals surface area contributed by atoms with Gasteiger partial charge in [0.2, 0.25) is 0 Å². The van der Waals surface area contributed by atoms with Crippen LogP contribution in [0.2, 0.25) is 0 Å². The molecule has 204 valence electrons. The van der Waals surface area contributed by atoms with E-state index in [1.54, 1.807) is 6.08 Å². The maximum Gasteiger partial charge on any atom is 0.390 e. The van der Waals surface area contributed by atoms with Crippen LogP contribution < -0.4 is 0 Å². The molecule has 0 saturated carbocycles. The summed E-state index contributed by atoms with van der Waals surface area (Å²) < 4.78 is 32.6. The first-order chi connectivity index (χ1) is 17.1. The van der Waals surface area contributed by atoms with Crippen molar-refractivity contribution in [1.29, 1.82) is 0 Å². The zero-order valence-electron chi connectivity index (χ0n) is 21.5. The largest absolute Gasteiger partial charge is 0.390 e. The predicted molar refractivity (Wildman–Crippen MR) is 134 cm³/mol. The third-order valence-corrected chi connectivity index (χ3v) is 7.17. The molecule has 0 heterocycles. The maximum atomic E-state index is 12.7. The summed E-state index contributed by atoms with van der Waals surface area (Å²) in [7, 11) is -4.92. The Morgan fingerprint density at radius 3 is 2.03 bits per heavy atom. The van der Waals surface area contributed by atoms with E-state index in [2.05, 4.69) is 23.6 Å². The van der Waals surface area contributed by atoms with Crippen molar-refractivity contribution in [2.75, 3.05) is 0 Å². The molecule has 36 heavy (non-hydrogen) atoms. The highest BCUT2D eigenvalue weighted by Gasteiger charge is 2.45. The van der Waals surface area contributed by atoms with Gasteiger partial charge in [-0.05, 0) is 25.7 Å². The van der Waals surface area contributed by atoms with Crippen molar-refractivity contribution in [3.63, 3.8) is 0 Å². The maximum absolute atomic E-state index is 12.7. The molecule has 1 rings (SSSR count). The molecule has 1 N–H and O–H groups in total. The normalized spacial score (nSPS) is 16.6. The number of allylic oxidation sites excluding steroid dienone is 2. The Bertz CT molecular complexity index is 916. The smallest absolute Gasteiger partial charge is 0.294 e. The number of unbranched alkanes of at least 4 members (excludes halogenated alkanes) is 11. The molecule has 0 amide bonds. The fraction of sp³-hybridized carbons (Fsp3) is 0.692. The average Bonchev–Trinajstić information content (AvgIpc) is 2.82.